The summed E-state index contributed by atoms with van der Waals surface area (Å²) in [5.41, 5.74) is 3.72. The molecule has 0 bridgehead atoms. The lowest BCUT2D eigenvalue weighted by Crippen LogP contribution is -2.25. The lowest BCUT2D eigenvalue weighted by atomic mass is 9.82. The van der Waals surface area contributed by atoms with Crippen molar-refractivity contribution in [3.05, 3.63) is 81.9 Å². The number of anilines is 5. The molecule has 1 aliphatic carbocycles. The number of hydrogen-bond acceptors (Lipinski definition) is 12. The van der Waals surface area contributed by atoms with E-state index in [2.05, 4.69) is 25.6 Å². The van der Waals surface area contributed by atoms with Crippen LogP contribution in [0.25, 0.3) is 0 Å². The van der Waals surface area contributed by atoms with Crippen LogP contribution in [-0.4, -0.2) is 52.5 Å². The Kier molecular flexibility index (Phi) is 7.46. The Morgan fingerprint density at radius 1 is 0.773 bits per heavy atom. The fraction of sp³-hybridized carbons (Fsp3) is 0.148. The van der Waals surface area contributed by atoms with Gasteiger partial charge in [-0.3, -0.25) is 18.7 Å². The Bertz CT molecular complexity index is 2130. The zero-order valence-electron chi connectivity index (χ0n) is 23.1. The number of fused-ring (bicyclic) bond motifs is 2. The van der Waals surface area contributed by atoms with Crippen molar-refractivity contribution in [1.82, 2.24) is 15.0 Å². The number of carbonyl (C=O) groups is 2. The molecule has 14 nitrogen and oxygen atoms in total. The maximum absolute atomic E-state index is 13.6. The van der Waals surface area contributed by atoms with Crippen molar-refractivity contribution in [2.75, 3.05) is 16.4 Å². The van der Waals surface area contributed by atoms with Crippen LogP contribution in [0.1, 0.15) is 58.4 Å². The molecule has 0 radical (unpaired) electrons. The smallest absolute Gasteiger partial charge is 0.296 e. The second kappa shape index (κ2) is 10.6. The summed E-state index contributed by atoms with van der Waals surface area (Å²) in [6.45, 7) is 5.44. The molecule has 0 atom stereocenters. The molecular formula is C27H23ClN6O8S2. The van der Waals surface area contributed by atoms with Gasteiger partial charge in [-0.25, -0.2) is 4.98 Å². The topological polar surface area (TPSA) is 232 Å². The van der Waals surface area contributed by atoms with Crippen molar-refractivity contribution >= 4 is 72.1 Å². The van der Waals surface area contributed by atoms with Gasteiger partial charge >= 0.3 is 0 Å². The first-order valence-corrected chi connectivity index (χ1v) is 15.8. The molecule has 0 fully saturated rings. The molecule has 17 heteroatoms. The summed E-state index contributed by atoms with van der Waals surface area (Å²) in [5.74, 6) is -1.29. The van der Waals surface area contributed by atoms with Gasteiger partial charge in [0.25, 0.3) is 20.2 Å². The summed E-state index contributed by atoms with van der Waals surface area (Å²) in [6.07, 6.45) is 0. The van der Waals surface area contributed by atoms with Gasteiger partial charge in [0.2, 0.25) is 11.2 Å². The number of hydrogen-bond donors (Lipinski definition) is 5. The van der Waals surface area contributed by atoms with E-state index in [4.69, 9.17) is 17.3 Å². The summed E-state index contributed by atoms with van der Waals surface area (Å²) in [5, 5.41) is 5.31. The SMILES string of the molecule is CC(C)(C)c1nc(Cl)nc(Nc2cc(Nc3cc(S(=O)(=O)O)c(N)c4c3C(=O)c3ccccc3C4=O)ccc2S(=O)(=O)O)n1. The van der Waals surface area contributed by atoms with Gasteiger partial charge < -0.3 is 16.4 Å². The number of nitrogens with zero attached hydrogens (tertiary/aromatic N) is 3. The third-order valence-corrected chi connectivity index (χ3v) is 8.51. The Balaban J connectivity index is 1.68. The van der Waals surface area contributed by atoms with Gasteiger partial charge in [0, 0.05) is 22.2 Å². The van der Waals surface area contributed by atoms with E-state index in [1.807, 2.05) is 20.8 Å². The van der Waals surface area contributed by atoms with Crippen molar-refractivity contribution in [2.24, 2.45) is 0 Å². The zero-order valence-corrected chi connectivity index (χ0v) is 25.5. The van der Waals surface area contributed by atoms with Crippen molar-refractivity contribution in [2.45, 2.75) is 36.0 Å². The van der Waals surface area contributed by atoms with Gasteiger partial charge in [0.1, 0.15) is 15.6 Å². The molecule has 0 amide bonds. The van der Waals surface area contributed by atoms with Crippen LogP contribution in [0.2, 0.25) is 5.28 Å². The zero-order chi connectivity index (χ0) is 32.4. The standard InChI is InChI=1S/C27H23ClN6O8S2/c1-27(2,3)24-32-25(28)34-26(33-24)31-15-10-12(8-9-17(15)43(37,38)39)30-16-11-18(44(40,41)42)21(29)20-19(16)22(35)13-6-4-5-7-14(13)23(20)36/h4-11,30H,29H2,1-3H3,(H,37,38,39)(H,40,41,42)(H,31,32,33,34). The predicted octanol–water partition coefficient (Wildman–Crippen LogP) is 4.16. The van der Waals surface area contributed by atoms with Crippen LogP contribution in [0.3, 0.4) is 0 Å². The first-order valence-electron chi connectivity index (χ1n) is 12.6. The minimum Gasteiger partial charge on any atom is -0.397 e. The molecule has 228 valence electrons. The van der Waals surface area contributed by atoms with Crippen molar-refractivity contribution in [1.29, 1.82) is 0 Å². The van der Waals surface area contributed by atoms with Crippen molar-refractivity contribution in [3.8, 4) is 0 Å². The third-order valence-electron chi connectivity index (χ3n) is 6.54. The molecule has 5 rings (SSSR count). The molecule has 6 N–H and O–H groups in total. The second-order valence-electron chi connectivity index (χ2n) is 10.7. The van der Waals surface area contributed by atoms with Crippen LogP contribution in [0.15, 0.2) is 58.3 Å². The highest BCUT2D eigenvalue weighted by Crippen LogP contribution is 2.40. The fourth-order valence-corrected chi connectivity index (χ4v) is 5.99. The summed E-state index contributed by atoms with van der Waals surface area (Å²) >= 11 is 6.06. The van der Waals surface area contributed by atoms with Gasteiger partial charge in [0.05, 0.1) is 28.2 Å². The predicted molar refractivity (Wildman–Crippen MR) is 160 cm³/mol. The Morgan fingerprint density at radius 2 is 1.36 bits per heavy atom. The highest BCUT2D eigenvalue weighted by atomic mass is 35.5. The van der Waals surface area contributed by atoms with Gasteiger partial charge in [-0.2, -0.15) is 26.8 Å². The number of ketones is 2. The molecule has 0 unspecified atom stereocenters. The lowest BCUT2D eigenvalue weighted by Gasteiger charge is -2.24. The van der Waals surface area contributed by atoms with Crippen LogP contribution in [0, 0.1) is 0 Å². The number of carbonyl (C=O) groups excluding carboxylic acids is 2. The molecular weight excluding hydrogens is 636 g/mol. The van der Waals surface area contributed by atoms with Crippen molar-refractivity contribution < 1.29 is 35.5 Å². The number of nitrogen functional groups attached to an aromatic ring is 1. The molecule has 0 saturated carbocycles. The average Bonchev–Trinajstić information content (AvgIpc) is 2.90. The number of halogens is 1. The summed E-state index contributed by atoms with van der Waals surface area (Å²) < 4.78 is 68.7. The highest BCUT2D eigenvalue weighted by molar-refractivity contribution is 7.86. The molecule has 1 aromatic heterocycles. The number of benzene rings is 3. The number of rotatable bonds is 6. The quantitative estimate of drug-likeness (QED) is 0.127. The van der Waals surface area contributed by atoms with Crippen LogP contribution in [-0.2, 0) is 25.7 Å². The van der Waals surface area contributed by atoms with Gasteiger partial charge in [-0.05, 0) is 35.9 Å². The molecule has 3 aromatic carbocycles. The van der Waals surface area contributed by atoms with E-state index < -0.39 is 58.3 Å². The maximum Gasteiger partial charge on any atom is 0.296 e. The van der Waals surface area contributed by atoms with E-state index in [0.29, 0.717) is 0 Å². The molecule has 0 spiro atoms. The molecule has 44 heavy (non-hydrogen) atoms. The summed E-state index contributed by atoms with van der Waals surface area (Å²) in [6, 6.07) is 10.2. The van der Waals surface area contributed by atoms with E-state index in [1.165, 1.54) is 30.3 Å². The minimum atomic E-state index is -4.98. The number of aromatic nitrogens is 3. The van der Waals surface area contributed by atoms with Gasteiger partial charge in [0.15, 0.2) is 11.6 Å². The van der Waals surface area contributed by atoms with Gasteiger partial charge in [-0.15, -0.1) is 0 Å². The highest BCUT2D eigenvalue weighted by Gasteiger charge is 2.36. The van der Waals surface area contributed by atoms with Crippen LogP contribution in [0.4, 0.5) is 28.7 Å². The van der Waals surface area contributed by atoms with Gasteiger partial charge in [-0.1, -0.05) is 45.0 Å². The van der Waals surface area contributed by atoms with E-state index in [1.54, 1.807) is 6.07 Å². The molecule has 4 aromatic rings. The molecule has 1 heterocycles. The van der Waals surface area contributed by atoms with E-state index >= 15 is 0 Å². The number of nitrogens with two attached hydrogens (primary N) is 1. The fourth-order valence-electron chi connectivity index (χ4n) is 4.55. The van der Waals surface area contributed by atoms with Crippen LogP contribution < -0.4 is 16.4 Å². The summed E-state index contributed by atoms with van der Waals surface area (Å²) in [7, 11) is -9.79. The van der Waals surface area contributed by atoms with E-state index in [-0.39, 0.29) is 50.8 Å². The Hall–Kier alpha value is -4.48. The summed E-state index contributed by atoms with van der Waals surface area (Å²) in [4.78, 5) is 37.9. The number of nitrogens with one attached hydrogen (secondary N) is 2. The average molecular weight is 659 g/mol. The van der Waals surface area contributed by atoms with E-state index in [9.17, 15) is 35.5 Å². The Morgan fingerprint density at radius 3 is 1.93 bits per heavy atom. The maximum atomic E-state index is 13.6. The van der Waals surface area contributed by atoms with Crippen molar-refractivity contribution in [3.63, 3.8) is 0 Å². The largest absolute Gasteiger partial charge is 0.397 e. The van der Waals surface area contributed by atoms with Crippen LogP contribution in [0.5, 0.6) is 0 Å². The van der Waals surface area contributed by atoms with Crippen LogP contribution >= 0.6 is 11.6 Å². The first kappa shape index (κ1) is 31.0. The lowest BCUT2D eigenvalue weighted by molar-refractivity contribution is 0.0980. The molecule has 1 aliphatic rings. The molecule has 0 aliphatic heterocycles. The minimum absolute atomic E-state index is 0.00947. The normalized spacial score (nSPS) is 13.3. The Labute approximate surface area is 256 Å². The third kappa shape index (κ3) is 5.72. The monoisotopic (exact) mass is 658 g/mol. The van der Waals surface area contributed by atoms with E-state index in [0.717, 1.165) is 12.1 Å². The molecule has 0 saturated heterocycles. The first-order chi connectivity index (χ1) is 20.4. The second-order valence-corrected chi connectivity index (χ2v) is 13.8.